The van der Waals surface area contributed by atoms with Gasteiger partial charge in [0.15, 0.2) is 5.52 Å². The van der Waals surface area contributed by atoms with Crippen LogP contribution in [0, 0.1) is 17.1 Å². The van der Waals surface area contributed by atoms with Gasteiger partial charge in [0.1, 0.15) is 11.4 Å². The molecule has 0 saturated heterocycles. The number of hydrogen-bond acceptors (Lipinski definition) is 7. The van der Waals surface area contributed by atoms with Crippen molar-refractivity contribution < 1.29 is 13.9 Å². The van der Waals surface area contributed by atoms with Crippen LogP contribution in [0.4, 0.5) is 10.3 Å². The number of aromatic nitrogens is 3. The summed E-state index contributed by atoms with van der Waals surface area (Å²) in [5, 5.41) is 15.1. The van der Waals surface area contributed by atoms with E-state index in [4.69, 9.17) is 9.72 Å². The van der Waals surface area contributed by atoms with Crippen LogP contribution in [-0.2, 0) is 6.54 Å². The lowest BCUT2D eigenvalue weighted by molar-refractivity contribution is 0.0941. The highest BCUT2D eigenvalue weighted by atomic mass is 19.1. The lowest BCUT2D eigenvalue weighted by Gasteiger charge is -2.12. The van der Waals surface area contributed by atoms with Crippen molar-refractivity contribution in [3.8, 4) is 23.2 Å². The Morgan fingerprint density at radius 1 is 1.06 bits per heavy atom. The van der Waals surface area contributed by atoms with Crippen molar-refractivity contribution in [1.29, 1.82) is 5.26 Å². The zero-order valence-corrected chi connectivity index (χ0v) is 19.6. The van der Waals surface area contributed by atoms with Gasteiger partial charge in [-0.15, -0.1) is 0 Å². The molecule has 1 saturated carbocycles. The number of fused-ring (bicyclic) bond motifs is 1. The van der Waals surface area contributed by atoms with Gasteiger partial charge in [-0.3, -0.25) is 4.79 Å². The normalized spacial score (nSPS) is 13.6. The molecule has 2 aromatic heterocycles. The molecule has 0 atom stereocenters. The molecule has 0 radical (unpaired) electrons. The summed E-state index contributed by atoms with van der Waals surface area (Å²) in [6.07, 6.45) is 1.37. The molecule has 0 aliphatic heterocycles. The van der Waals surface area contributed by atoms with E-state index in [-0.39, 0.29) is 11.7 Å². The molecule has 5 rings (SSSR count). The summed E-state index contributed by atoms with van der Waals surface area (Å²) in [6.45, 7) is 2.70. The van der Waals surface area contributed by atoms with Crippen LogP contribution < -0.4 is 15.4 Å². The fourth-order valence-corrected chi connectivity index (χ4v) is 3.72. The average molecular weight is 483 g/mol. The van der Waals surface area contributed by atoms with Crippen molar-refractivity contribution in [3.63, 3.8) is 0 Å². The van der Waals surface area contributed by atoms with E-state index < -0.39 is 5.54 Å². The number of ether oxygens (including phenoxy) is 1. The third kappa shape index (κ3) is 4.93. The van der Waals surface area contributed by atoms with Crippen LogP contribution in [-0.4, -0.2) is 33.0 Å². The zero-order chi connectivity index (χ0) is 25.1. The Morgan fingerprint density at radius 3 is 2.47 bits per heavy atom. The Morgan fingerprint density at radius 2 is 1.81 bits per heavy atom. The molecule has 36 heavy (non-hydrogen) atoms. The van der Waals surface area contributed by atoms with E-state index in [9.17, 15) is 14.4 Å². The standard InChI is InChI=1S/C27H23FN6O2/c1-2-36-25-23-22(32-26(33-25)30-15-17-3-9-20(28)10-4-17)12-11-21(31-23)18-5-7-19(8-6-18)24(35)34-27(16-29)13-14-27/h3-12H,2,13-15H2,1H3,(H,34,35)(H,30,32,33). The first-order chi connectivity index (χ1) is 17.5. The van der Waals surface area contributed by atoms with Crippen molar-refractivity contribution in [2.45, 2.75) is 31.8 Å². The maximum atomic E-state index is 13.2. The first-order valence-corrected chi connectivity index (χ1v) is 11.6. The number of anilines is 1. The van der Waals surface area contributed by atoms with Gasteiger partial charge in [-0.25, -0.2) is 14.4 Å². The molecule has 180 valence electrons. The molecule has 2 heterocycles. The van der Waals surface area contributed by atoms with Gasteiger partial charge >= 0.3 is 0 Å². The Labute approximate surface area is 207 Å². The summed E-state index contributed by atoms with van der Waals surface area (Å²) >= 11 is 0. The fourth-order valence-electron chi connectivity index (χ4n) is 3.72. The molecule has 0 unspecified atom stereocenters. The minimum atomic E-state index is -0.710. The first kappa shape index (κ1) is 23.2. The second kappa shape index (κ2) is 9.58. The highest BCUT2D eigenvalue weighted by molar-refractivity contribution is 5.95. The smallest absolute Gasteiger partial charge is 0.252 e. The van der Waals surface area contributed by atoms with Crippen LogP contribution in [0.3, 0.4) is 0 Å². The average Bonchev–Trinajstić information content (AvgIpc) is 3.68. The molecule has 1 fully saturated rings. The number of carbonyl (C=O) groups excluding carboxylic acids is 1. The van der Waals surface area contributed by atoms with Gasteiger partial charge in [-0.1, -0.05) is 24.3 Å². The van der Waals surface area contributed by atoms with Crippen LogP contribution in [0.5, 0.6) is 5.88 Å². The van der Waals surface area contributed by atoms with E-state index in [1.54, 1.807) is 24.3 Å². The molecule has 2 aromatic carbocycles. The van der Waals surface area contributed by atoms with E-state index >= 15 is 0 Å². The van der Waals surface area contributed by atoms with Gasteiger partial charge in [0, 0.05) is 17.7 Å². The van der Waals surface area contributed by atoms with Gasteiger partial charge in [-0.05, 0) is 61.7 Å². The highest BCUT2D eigenvalue weighted by Crippen LogP contribution is 2.34. The molecular formula is C27H23FN6O2. The number of nitrogens with zero attached hydrogens (tertiary/aromatic N) is 4. The summed E-state index contributed by atoms with van der Waals surface area (Å²) in [5.74, 6) is 0.184. The number of pyridine rings is 1. The molecule has 1 amide bonds. The maximum absolute atomic E-state index is 13.2. The summed E-state index contributed by atoms with van der Waals surface area (Å²) < 4.78 is 18.9. The number of nitrogens with one attached hydrogen (secondary N) is 2. The summed E-state index contributed by atoms with van der Waals surface area (Å²) in [6, 6.07) is 19.1. The molecule has 0 spiro atoms. The molecule has 9 heteroatoms. The number of nitriles is 1. The molecule has 4 aromatic rings. The van der Waals surface area contributed by atoms with Crippen LogP contribution in [0.2, 0.25) is 0 Å². The van der Waals surface area contributed by atoms with Gasteiger partial charge in [0.2, 0.25) is 11.8 Å². The van der Waals surface area contributed by atoms with Crippen molar-refractivity contribution in [2.75, 3.05) is 11.9 Å². The Bertz CT molecular complexity index is 1460. The number of halogens is 1. The fraction of sp³-hybridized carbons (Fsp3) is 0.222. The topological polar surface area (TPSA) is 113 Å². The number of carbonyl (C=O) groups is 1. The molecule has 8 nitrogen and oxygen atoms in total. The summed E-state index contributed by atoms with van der Waals surface area (Å²) in [4.78, 5) is 26.2. The summed E-state index contributed by atoms with van der Waals surface area (Å²) in [5.41, 5.74) is 3.30. The van der Waals surface area contributed by atoms with Crippen molar-refractivity contribution >= 4 is 22.9 Å². The van der Waals surface area contributed by atoms with Crippen LogP contribution in [0.1, 0.15) is 35.7 Å². The van der Waals surface area contributed by atoms with Crippen molar-refractivity contribution in [3.05, 3.63) is 77.6 Å². The van der Waals surface area contributed by atoms with E-state index in [0.717, 1.165) is 11.1 Å². The van der Waals surface area contributed by atoms with Gasteiger partial charge in [0.25, 0.3) is 5.91 Å². The third-order valence-electron chi connectivity index (χ3n) is 5.91. The molecule has 1 aliphatic rings. The lowest BCUT2D eigenvalue weighted by Crippen LogP contribution is -2.35. The van der Waals surface area contributed by atoms with E-state index in [0.29, 0.717) is 60.1 Å². The monoisotopic (exact) mass is 482 g/mol. The van der Waals surface area contributed by atoms with Gasteiger partial charge in [0.05, 0.1) is 23.9 Å². The van der Waals surface area contributed by atoms with Gasteiger partial charge < -0.3 is 15.4 Å². The number of amides is 1. The lowest BCUT2D eigenvalue weighted by atomic mass is 10.1. The zero-order valence-electron chi connectivity index (χ0n) is 19.6. The third-order valence-corrected chi connectivity index (χ3v) is 5.91. The second-order valence-corrected chi connectivity index (χ2v) is 8.56. The number of benzene rings is 2. The van der Waals surface area contributed by atoms with Crippen LogP contribution in [0.25, 0.3) is 22.3 Å². The minimum absolute atomic E-state index is 0.264. The number of rotatable bonds is 8. The largest absolute Gasteiger partial charge is 0.476 e. The van der Waals surface area contributed by atoms with E-state index in [1.807, 2.05) is 31.2 Å². The quantitative estimate of drug-likeness (QED) is 0.377. The van der Waals surface area contributed by atoms with Crippen LogP contribution >= 0.6 is 0 Å². The van der Waals surface area contributed by atoms with E-state index in [1.165, 1.54) is 12.1 Å². The van der Waals surface area contributed by atoms with Crippen molar-refractivity contribution in [2.24, 2.45) is 0 Å². The molecule has 2 N–H and O–H groups in total. The van der Waals surface area contributed by atoms with Gasteiger partial charge in [-0.2, -0.15) is 10.2 Å². The highest BCUT2D eigenvalue weighted by Gasteiger charge is 2.44. The Kier molecular flexibility index (Phi) is 6.17. The molecular weight excluding hydrogens is 459 g/mol. The Hall–Kier alpha value is -4.58. The number of hydrogen-bond donors (Lipinski definition) is 2. The SMILES string of the molecule is CCOc1nc(NCc2ccc(F)cc2)nc2ccc(-c3ccc(C(=O)NC4(C#N)CC4)cc3)nc12. The predicted octanol–water partition coefficient (Wildman–Crippen LogP) is 4.63. The molecule has 0 bridgehead atoms. The summed E-state index contributed by atoms with van der Waals surface area (Å²) in [7, 11) is 0. The first-order valence-electron chi connectivity index (χ1n) is 11.6. The van der Waals surface area contributed by atoms with Crippen molar-refractivity contribution in [1.82, 2.24) is 20.3 Å². The second-order valence-electron chi connectivity index (χ2n) is 8.56. The molecule has 1 aliphatic carbocycles. The predicted molar refractivity (Wildman–Crippen MR) is 133 cm³/mol. The van der Waals surface area contributed by atoms with Crippen LogP contribution in [0.15, 0.2) is 60.7 Å². The Balaban J connectivity index is 1.37. The maximum Gasteiger partial charge on any atom is 0.252 e. The van der Waals surface area contributed by atoms with E-state index in [2.05, 4.69) is 26.7 Å². The minimum Gasteiger partial charge on any atom is -0.476 e.